The van der Waals surface area contributed by atoms with E-state index >= 15 is 0 Å². The van der Waals surface area contributed by atoms with E-state index in [-0.39, 0.29) is 5.56 Å². The third-order valence-corrected chi connectivity index (χ3v) is 3.36. The average Bonchev–Trinajstić information content (AvgIpc) is 2.42. The van der Waals surface area contributed by atoms with E-state index in [9.17, 15) is 9.59 Å². The Morgan fingerprint density at radius 3 is 2.00 bits per heavy atom. The van der Waals surface area contributed by atoms with Crippen LogP contribution < -0.4 is 4.74 Å². The zero-order chi connectivity index (χ0) is 13.7. The summed E-state index contributed by atoms with van der Waals surface area (Å²) in [6.07, 6.45) is 0. The SMILES string of the molecule is O=COc1ccc(Sc2ccc(C(=O)O)cc2)cc1. The van der Waals surface area contributed by atoms with Crippen molar-refractivity contribution in [3.63, 3.8) is 0 Å². The lowest BCUT2D eigenvalue weighted by Gasteiger charge is -2.03. The molecule has 0 aliphatic carbocycles. The Labute approximate surface area is 114 Å². The van der Waals surface area contributed by atoms with Gasteiger partial charge in [-0.3, -0.25) is 4.79 Å². The number of hydrogen-bond donors (Lipinski definition) is 1. The van der Waals surface area contributed by atoms with Gasteiger partial charge in [0.2, 0.25) is 0 Å². The molecule has 0 spiro atoms. The van der Waals surface area contributed by atoms with Crippen LogP contribution in [0.2, 0.25) is 0 Å². The zero-order valence-corrected chi connectivity index (χ0v) is 10.6. The molecular formula is C14H10O4S. The lowest BCUT2D eigenvalue weighted by molar-refractivity contribution is -0.120. The van der Waals surface area contributed by atoms with Gasteiger partial charge < -0.3 is 9.84 Å². The first kappa shape index (κ1) is 13.2. The highest BCUT2D eigenvalue weighted by Crippen LogP contribution is 2.29. The van der Waals surface area contributed by atoms with Crippen LogP contribution in [0.3, 0.4) is 0 Å². The Balaban J connectivity index is 2.07. The van der Waals surface area contributed by atoms with Gasteiger partial charge in [0.15, 0.2) is 0 Å². The topological polar surface area (TPSA) is 63.6 Å². The first-order valence-electron chi connectivity index (χ1n) is 5.40. The van der Waals surface area contributed by atoms with Gasteiger partial charge in [0.05, 0.1) is 5.56 Å². The molecule has 1 N–H and O–H groups in total. The summed E-state index contributed by atoms with van der Waals surface area (Å²) < 4.78 is 4.70. The first-order chi connectivity index (χ1) is 9.19. The van der Waals surface area contributed by atoms with Crippen LogP contribution in [0.5, 0.6) is 5.75 Å². The summed E-state index contributed by atoms with van der Waals surface area (Å²) in [5.74, 6) is -0.451. The van der Waals surface area contributed by atoms with E-state index in [1.54, 1.807) is 36.4 Å². The molecule has 2 aromatic rings. The molecule has 0 radical (unpaired) electrons. The molecule has 0 aromatic heterocycles. The van der Waals surface area contributed by atoms with Crippen molar-refractivity contribution >= 4 is 24.2 Å². The standard InChI is InChI=1S/C14H10O4S/c15-9-18-11-3-7-13(8-4-11)19-12-5-1-10(2-6-12)14(16)17/h1-9H,(H,16,17). The van der Waals surface area contributed by atoms with E-state index in [1.807, 2.05) is 12.1 Å². The second-order valence-corrected chi connectivity index (χ2v) is 4.76. The molecule has 0 amide bonds. The number of aromatic carboxylic acids is 1. The number of carbonyl (C=O) groups excluding carboxylic acids is 1. The summed E-state index contributed by atoms with van der Waals surface area (Å²) in [5, 5.41) is 8.80. The lowest BCUT2D eigenvalue weighted by Crippen LogP contribution is -1.94. The van der Waals surface area contributed by atoms with Gasteiger partial charge in [-0.15, -0.1) is 0 Å². The Kier molecular flexibility index (Phi) is 4.20. The molecule has 5 heteroatoms. The zero-order valence-electron chi connectivity index (χ0n) is 9.78. The van der Waals surface area contributed by atoms with Gasteiger partial charge in [0.25, 0.3) is 6.47 Å². The monoisotopic (exact) mass is 274 g/mol. The van der Waals surface area contributed by atoms with Crippen molar-refractivity contribution in [1.82, 2.24) is 0 Å². The van der Waals surface area contributed by atoms with Gasteiger partial charge in [0.1, 0.15) is 5.75 Å². The van der Waals surface area contributed by atoms with Gasteiger partial charge in [-0.25, -0.2) is 4.79 Å². The molecule has 0 aliphatic heterocycles. The minimum Gasteiger partial charge on any atom is -0.478 e. The number of hydrogen-bond acceptors (Lipinski definition) is 4. The largest absolute Gasteiger partial charge is 0.478 e. The normalized spacial score (nSPS) is 9.89. The lowest BCUT2D eigenvalue weighted by atomic mass is 10.2. The highest BCUT2D eigenvalue weighted by molar-refractivity contribution is 7.99. The van der Waals surface area contributed by atoms with Crippen molar-refractivity contribution in [2.75, 3.05) is 0 Å². The van der Waals surface area contributed by atoms with Crippen LogP contribution in [-0.2, 0) is 4.79 Å². The third-order valence-electron chi connectivity index (χ3n) is 2.34. The minimum atomic E-state index is -0.938. The van der Waals surface area contributed by atoms with E-state index in [0.29, 0.717) is 12.2 Å². The van der Waals surface area contributed by atoms with Gasteiger partial charge in [-0.05, 0) is 48.5 Å². The molecule has 19 heavy (non-hydrogen) atoms. The van der Waals surface area contributed by atoms with E-state index in [4.69, 9.17) is 9.84 Å². The average molecular weight is 274 g/mol. The number of carboxylic acid groups (broad SMARTS) is 1. The summed E-state index contributed by atoms with van der Waals surface area (Å²) in [6.45, 7) is 0.382. The molecule has 0 fully saturated rings. The molecule has 0 unspecified atom stereocenters. The van der Waals surface area contributed by atoms with Crippen molar-refractivity contribution in [2.45, 2.75) is 9.79 Å². The number of benzene rings is 2. The summed E-state index contributed by atoms with van der Waals surface area (Å²) in [5.41, 5.74) is 0.263. The number of carbonyl (C=O) groups is 2. The maximum atomic E-state index is 10.7. The van der Waals surface area contributed by atoms with Crippen molar-refractivity contribution in [2.24, 2.45) is 0 Å². The van der Waals surface area contributed by atoms with Crippen molar-refractivity contribution in [3.05, 3.63) is 54.1 Å². The van der Waals surface area contributed by atoms with Gasteiger partial charge in [0, 0.05) is 9.79 Å². The van der Waals surface area contributed by atoms with Crippen LogP contribution in [0.1, 0.15) is 10.4 Å². The molecule has 0 heterocycles. The van der Waals surface area contributed by atoms with Crippen LogP contribution in [0.25, 0.3) is 0 Å². The van der Waals surface area contributed by atoms with E-state index in [0.717, 1.165) is 9.79 Å². The highest BCUT2D eigenvalue weighted by Gasteiger charge is 2.03. The first-order valence-corrected chi connectivity index (χ1v) is 6.22. The molecule has 2 rings (SSSR count). The maximum absolute atomic E-state index is 10.7. The quantitative estimate of drug-likeness (QED) is 0.849. The molecule has 0 saturated carbocycles. The summed E-state index contributed by atoms with van der Waals surface area (Å²) in [4.78, 5) is 22.8. The van der Waals surface area contributed by atoms with Crippen LogP contribution in [-0.4, -0.2) is 17.5 Å². The third kappa shape index (κ3) is 3.59. The highest BCUT2D eigenvalue weighted by atomic mass is 32.2. The maximum Gasteiger partial charge on any atom is 0.335 e. The Morgan fingerprint density at radius 1 is 1.00 bits per heavy atom. The molecule has 0 bridgehead atoms. The fourth-order valence-corrected chi connectivity index (χ4v) is 2.26. The van der Waals surface area contributed by atoms with E-state index in [2.05, 4.69) is 0 Å². The Hall–Kier alpha value is -2.27. The van der Waals surface area contributed by atoms with Crippen LogP contribution in [0, 0.1) is 0 Å². The molecule has 2 aromatic carbocycles. The molecule has 4 nitrogen and oxygen atoms in total. The van der Waals surface area contributed by atoms with Crippen molar-refractivity contribution in [1.29, 1.82) is 0 Å². The molecule has 0 saturated heterocycles. The van der Waals surface area contributed by atoms with Gasteiger partial charge >= 0.3 is 5.97 Å². The Bertz CT molecular complexity index is 575. The van der Waals surface area contributed by atoms with Gasteiger partial charge in [-0.1, -0.05) is 11.8 Å². The minimum absolute atomic E-state index is 0.263. The second kappa shape index (κ2) is 6.06. The molecule has 0 atom stereocenters. The predicted octanol–water partition coefficient (Wildman–Crippen LogP) is 3.07. The van der Waals surface area contributed by atoms with Crippen LogP contribution in [0.4, 0.5) is 0 Å². The summed E-state index contributed by atoms with van der Waals surface area (Å²) in [6, 6.07) is 13.7. The van der Waals surface area contributed by atoms with E-state index < -0.39 is 5.97 Å². The molecule has 96 valence electrons. The molecular weight excluding hydrogens is 264 g/mol. The Morgan fingerprint density at radius 2 is 1.53 bits per heavy atom. The predicted molar refractivity (Wildman–Crippen MR) is 70.7 cm³/mol. The summed E-state index contributed by atoms with van der Waals surface area (Å²) in [7, 11) is 0. The van der Waals surface area contributed by atoms with Gasteiger partial charge in [-0.2, -0.15) is 0 Å². The fourth-order valence-electron chi connectivity index (χ4n) is 1.44. The van der Waals surface area contributed by atoms with Crippen LogP contribution in [0.15, 0.2) is 58.3 Å². The number of ether oxygens (including phenoxy) is 1. The summed E-state index contributed by atoms with van der Waals surface area (Å²) >= 11 is 1.50. The van der Waals surface area contributed by atoms with Crippen molar-refractivity contribution in [3.8, 4) is 5.75 Å². The van der Waals surface area contributed by atoms with Crippen molar-refractivity contribution < 1.29 is 19.4 Å². The smallest absolute Gasteiger partial charge is 0.335 e. The van der Waals surface area contributed by atoms with E-state index in [1.165, 1.54) is 11.8 Å². The number of carboxylic acids is 1. The molecule has 0 aliphatic rings. The second-order valence-electron chi connectivity index (χ2n) is 3.62. The van der Waals surface area contributed by atoms with Crippen LogP contribution >= 0.6 is 11.8 Å². The number of rotatable bonds is 5. The fraction of sp³-hybridized carbons (Fsp3) is 0.